The van der Waals surface area contributed by atoms with Gasteiger partial charge in [-0.2, -0.15) is 13.2 Å². The summed E-state index contributed by atoms with van der Waals surface area (Å²) in [4.78, 5) is 11.5. The third-order valence-corrected chi connectivity index (χ3v) is 2.91. The summed E-state index contributed by atoms with van der Waals surface area (Å²) in [5.41, 5.74) is -0.691. The molecule has 0 unspecified atom stereocenters. The van der Waals surface area contributed by atoms with Gasteiger partial charge in [0.2, 0.25) is 5.91 Å². The van der Waals surface area contributed by atoms with Gasteiger partial charge in [0.15, 0.2) is 5.60 Å². The molecule has 1 atom stereocenters. The maximum absolute atomic E-state index is 12.4. The van der Waals surface area contributed by atoms with Crippen LogP contribution in [0.3, 0.4) is 0 Å². The van der Waals surface area contributed by atoms with E-state index in [1.165, 1.54) is 0 Å². The molecule has 0 aliphatic rings. The van der Waals surface area contributed by atoms with E-state index in [0.29, 0.717) is 12.6 Å². The Bertz CT molecular complexity index is 481. The summed E-state index contributed by atoms with van der Waals surface area (Å²) in [6, 6.07) is 5.02. The molecule has 0 fully saturated rings. The van der Waals surface area contributed by atoms with Crippen LogP contribution in [0.15, 0.2) is 18.2 Å². The molecule has 1 aromatic rings. The minimum absolute atomic E-state index is 0.408. The molecular formula is C13H16F3NO2. The van der Waals surface area contributed by atoms with Gasteiger partial charge in [0.1, 0.15) is 0 Å². The number of rotatable bonds is 3. The maximum atomic E-state index is 12.4. The molecule has 1 amide bonds. The Morgan fingerprint density at radius 2 is 1.84 bits per heavy atom. The largest absolute Gasteiger partial charge is 0.417 e. The number of nitrogens with one attached hydrogen (secondary N) is 1. The van der Waals surface area contributed by atoms with E-state index in [2.05, 4.69) is 5.32 Å². The van der Waals surface area contributed by atoms with Crippen LogP contribution in [0.1, 0.15) is 24.5 Å². The third kappa shape index (κ3) is 3.96. The van der Waals surface area contributed by atoms with Gasteiger partial charge in [0, 0.05) is 5.69 Å². The number of carbonyl (C=O) groups is 1. The van der Waals surface area contributed by atoms with Crippen LogP contribution in [0.2, 0.25) is 0 Å². The van der Waals surface area contributed by atoms with Crippen LogP contribution in [0.4, 0.5) is 18.9 Å². The van der Waals surface area contributed by atoms with Gasteiger partial charge in [0.25, 0.3) is 0 Å². The Morgan fingerprint density at radius 1 is 1.26 bits per heavy atom. The maximum Gasteiger partial charge on any atom is 0.417 e. The Balaban J connectivity index is 2.73. The van der Waals surface area contributed by atoms with Gasteiger partial charge in [-0.15, -0.1) is 0 Å². The molecule has 0 spiro atoms. The van der Waals surface area contributed by atoms with Crippen molar-refractivity contribution in [2.24, 2.45) is 0 Å². The Kier molecular flexibility index (Phi) is 4.25. The van der Waals surface area contributed by atoms with Crippen LogP contribution in [0.25, 0.3) is 0 Å². The lowest BCUT2D eigenvalue weighted by molar-refractivity contribution is -0.252. The predicted molar refractivity (Wildman–Crippen MR) is 65.8 cm³/mol. The van der Waals surface area contributed by atoms with Gasteiger partial charge in [-0.1, -0.05) is 6.07 Å². The third-order valence-electron chi connectivity index (χ3n) is 2.91. The summed E-state index contributed by atoms with van der Waals surface area (Å²) in [7, 11) is 0. The van der Waals surface area contributed by atoms with Crippen LogP contribution in [0, 0.1) is 13.8 Å². The first-order chi connectivity index (χ1) is 8.53. The molecule has 0 saturated heterocycles. The summed E-state index contributed by atoms with van der Waals surface area (Å²) in [6.07, 6.45) is -5.88. The number of carbonyl (C=O) groups excluding carboxylic acids is 1. The SMILES string of the molecule is Cc1ccc(NC(=O)C[C@@](C)(O)C(F)(F)F)cc1C. The first kappa shape index (κ1) is 15.5. The van der Waals surface area contributed by atoms with Gasteiger partial charge < -0.3 is 10.4 Å². The van der Waals surface area contributed by atoms with Crippen molar-refractivity contribution in [1.29, 1.82) is 0 Å². The molecule has 0 radical (unpaired) electrons. The van der Waals surface area contributed by atoms with Crippen molar-refractivity contribution in [2.45, 2.75) is 39.0 Å². The number of hydrogen-bond donors (Lipinski definition) is 2. The quantitative estimate of drug-likeness (QED) is 0.891. The van der Waals surface area contributed by atoms with E-state index >= 15 is 0 Å². The summed E-state index contributed by atoms with van der Waals surface area (Å²) in [5, 5.41) is 11.6. The summed E-state index contributed by atoms with van der Waals surface area (Å²) >= 11 is 0. The zero-order valence-electron chi connectivity index (χ0n) is 10.9. The van der Waals surface area contributed by atoms with E-state index in [1.54, 1.807) is 18.2 Å². The van der Waals surface area contributed by atoms with E-state index in [0.717, 1.165) is 11.1 Å². The second-order valence-corrected chi connectivity index (χ2v) is 4.80. The highest BCUT2D eigenvalue weighted by Crippen LogP contribution is 2.32. The molecule has 0 heterocycles. The lowest BCUT2D eigenvalue weighted by Gasteiger charge is -2.25. The summed E-state index contributed by atoms with van der Waals surface area (Å²) in [6.45, 7) is 4.29. The normalized spacial score (nSPS) is 14.9. The van der Waals surface area contributed by atoms with E-state index in [9.17, 15) is 23.1 Å². The highest BCUT2D eigenvalue weighted by molar-refractivity contribution is 5.91. The van der Waals surface area contributed by atoms with Gasteiger partial charge in [0.05, 0.1) is 6.42 Å². The molecule has 2 N–H and O–H groups in total. The van der Waals surface area contributed by atoms with Crippen molar-refractivity contribution < 1.29 is 23.1 Å². The molecule has 6 heteroatoms. The van der Waals surface area contributed by atoms with E-state index in [4.69, 9.17) is 0 Å². The number of aryl methyl sites for hydroxylation is 2. The van der Waals surface area contributed by atoms with Gasteiger partial charge >= 0.3 is 6.18 Å². The predicted octanol–water partition coefficient (Wildman–Crippen LogP) is 2.95. The van der Waals surface area contributed by atoms with Crippen molar-refractivity contribution in [3.8, 4) is 0 Å². The topological polar surface area (TPSA) is 49.3 Å². The smallest absolute Gasteiger partial charge is 0.380 e. The number of anilines is 1. The van der Waals surface area contributed by atoms with Crippen molar-refractivity contribution in [3.05, 3.63) is 29.3 Å². The van der Waals surface area contributed by atoms with Gasteiger partial charge in [-0.25, -0.2) is 0 Å². The minimum Gasteiger partial charge on any atom is -0.380 e. The van der Waals surface area contributed by atoms with Gasteiger partial charge in [-0.3, -0.25) is 4.79 Å². The zero-order chi connectivity index (χ0) is 14.8. The Hall–Kier alpha value is -1.56. The molecule has 1 rings (SSSR count). The standard InChI is InChI=1S/C13H16F3NO2/c1-8-4-5-10(6-9(8)2)17-11(18)7-12(3,19)13(14,15)16/h4-6,19H,7H2,1-3H3,(H,17,18)/t12-/m1/s1. The fraction of sp³-hybridized carbons (Fsp3) is 0.462. The first-order valence-corrected chi connectivity index (χ1v) is 5.69. The first-order valence-electron chi connectivity index (χ1n) is 5.69. The molecule has 106 valence electrons. The number of hydrogen-bond acceptors (Lipinski definition) is 2. The van der Waals surface area contributed by atoms with E-state index in [1.807, 2.05) is 13.8 Å². The highest BCUT2D eigenvalue weighted by Gasteiger charge is 2.50. The molecule has 19 heavy (non-hydrogen) atoms. The second kappa shape index (κ2) is 5.21. The van der Waals surface area contributed by atoms with Crippen LogP contribution in [-0.2, 0) is 4.79 Å². The average molecular weight is 275 g/mol. The van der Waals surface area contributed by atoms with Crippen LogP contribution < -0.4 is 5.32 Å². The average Bonchev–Trinajstić information content (AvgIpc) is 2.21. The molecular weight excluding hydrogens is 259 g/mol. The monoisotopic (exact) mass is 275 g/mol. The van der Waals surface area contributed by atoms with Crippen molar-refractivity contribution in [2.75, 3.05) is 5.32 Å². The fourth-order valence-corrected chi connectivity index (χ4v) is 1.44. The molecule has 1 aromatic carbocycles. The van der Waals surface area contributed by atoms with Crippen molar-refractivity contribution in [1.82, 2.24) is 0 Å². The lowest BCUT2D eigenvalue weighted by Crippen LogP contribution is -2.44. The zero-order valence-corrected chi connectivity index (χ0v) is 10.9. The molecule has 0 saturated carbocycles. The number of amides is 1. The van der Waals surface area contributed by atoms with Crippen LogP contribution in [-0.4, -0.2) is 22.8 Å². The fourth-order valence-electron chi connectivity index (χ4n) is 1.44. The van der Waals surface area contributed by atoms with Crippen molar-refractivity contribution in [3.63, 3.8) is 0 Å². The molecule has 0 aromatic heterocycles. The van der Waals surface area contributed by atoms with Crippen LogP contribution >= 0.6 is 0 Å². The molecule has 3 nitrogen and oxygen atoms in total. The number of halogens is 3. The number of alkyl halides is 3. The molecule has 0 aliphatic carbocycles. The molecule has 0 bridgehead atoms. The molecule has 0 aliphatic heterocycles. The number of benzene rings is 1. The highest BCUT2D eigenvalue weighted by atomic mass is 19.4. The Morgan fingerprint density at radius 3 is 2.32 bits per heavy atom. The minimum atomic E-state index is -4.84. The van der Waals surface area contributed by atoms with E-state index in [-0.39, 0.29) is 0 Å². The second-order valence-electron chi connectivity index (χ2n) is 4.80. The van der Waals surface area contributed by atoms with Crippen LogP contribution in [0.5, 0.6) is 0 Å². The lowest BCUT2D eigenvalue weighted by atomic mass is 10.0. The Labute approximate surface area is 109 Å². The number of aliphatic hydroxyl groups is 1. The summed E-state index contributed by atoms with van der Waals surface area (Å²) < 4.78 is 37.3. The van der Waals surface area contributed by atoms with Crippen molar-refractivity contribution >= 4 is 11.6 Å². The summed E-state index contributed by atoms with van der Waals surface area (Å²) in [5.74, 6) is -0.884. The van der Waals surface area contributed by atoms with E-state index < -0.39 is 24.1 Å². The van der Waals surface area contributed by atoms with Gasteiger partial charge in [-0.05, 0) is 44.0 Å².